The maximum absolute atomic E-state index is 11.9. The Morgan fingerprint density at radius 3 is 2.71 bits per heavy atom. The van der Waals surface area contributed by atoms with E-state index in [4.69, 9.17) is 5.11 Å². The first-order chi connectivity index (χ1) is 8.16. The molecule has 1 fully saturated rings. The molecule has 0 unspecified atom stereocenters. The first kappa shape index (κ1) is 11.6. The van der Waals surface area contributed by atoms with Gasteiger partial charge in [0.05, 0.1) is 0 Å². The van der Waals surface area contributed by atoms with Crippen LogP contribution in [0.15, 0.2) is 6.33 Å². The first-order valence-electron chi connectivity index (χ1n) is 5.53. The molecule has 0 atom stereocenters. The van der Waals surface area contributed by atoms with Gasteiger partial charge >= 0.3 is 5.97 Å². The molecule has 7 heteroatoms. The zero-order chi connectivity index (χ0) is 12.3. The van der Waals surface area contributed by atoms with Crippen LogP contribution in [0.5, 0.6) is 0 Å². The zero-order valence-corrected chi connectivity index (χ0v) is 9.30. The molecule has 0 bridgehead atoms. The highest BCUT2D eigenvalue weighted by Gasteiger charge is 2.26. The van der Waals surface area contributed by atoms with Gasteiger partial charge in [-0.3, -0.25) is 14.7 Å². The van der Waals surface area contributed by atoms with Gasteiger partial charge < -0.3 is 10.0 Å². The molecule has 1 amide bonds. The molecule has 1 saturated heterocycles. The lowest BCUT2D eigenvalue weighted by atomic mass is 9.93. The molecular formula is C10H14N4O3. The molecule has 2 N–H and O–H groups in total. The van der Waals surface area contributed by atoms with Gasteiger partial charge in [-0.15, -0.1) is 0 Å². The number of piperidine rings is 1. The summed E-state index contributed by atoms with van der Waals surface area (Å²) in [6, 6.07) is 0. The van der Waals surface area contributed by atoms with Crippen LogP contribution >= 0.6 is 0 Å². The molecule has 17 heavy (non-hydrogen) atoms. The molecular weight excluding hydrogens is 224 g/mol. The lowest BCUT2D eigenvalue weighted by molar-refractivity contribution is -0.138. The maximum Gasteiger partial charge on any atom is 0.303 e. The number of carboxylic acids is 1. The number of carboxylic acid groups (broad SMARTS) is 1. The van der Waals surface area contributed by atoms with Crippen molar-refractivity contribution in [3.63, 3.8) is 0 Å². The number of hydrogen-bond acceptors (Lipinski definition) is 4. The van der Waals surface area contributed by atoms with Crippen LogP contribution in [0.1, 0.15) is 29.9 Å². The predicted octanol–water partition coefficient (Wildman–Crippen LogP) is 0.132. The summed E-state index contributed by atoms with van der Waals surface area (Å²) < 4.78 is 0. The fourth-order valence-electron chi connectivity index (χ4n) is 2.05. The standard InChI is InChI=1S/C10H14N4O3/c15-8(16)5-7-1-3-14(4-2-7)10(17)9-11-6-12-13-9/h6-7H,1-5H2,(H,15,16)(H,11,12,13). The zero-order valence-electron chi connectivity index (χ0n) is 9.30. The van der Waals surface area contributed by atoms with Crippen LogP contribution in [0, 0.1) is 5.92 Å². The number of H-pyrrole nitrogens is 1. The Hall–Kier alpha value is -1.92. The van der Waals surface area contributed by atoms with Gasteiger partial charge in [-0.05, 0) is 18.8 Å². The summed E-state index contributed by atoms with van der Waals surface area (Å²) in [4.78, 5) is 27.9. The van der Waals surface area contributed by atoms with Crippen LogP contribution in [-0.2, 0) is 4.79 Å². The summed E-state index contributed by atoms with van der Waals surface area (Å²) in [6.07, 6.45) is 2.94. The first-order valence-corrected chi connectivity index (χ1v) is 5.53. The van der Waals surface area contributed by atoms with Crippen molar-refractivity contribution >= 4 is 11.9 Å². The van der Waals surface area contributed by atoms with Gasteiger partial charge in [-0.2, -0.15) is 5.10 Å². The van der Waals surface area contributed by atoms with Gasteiger partial charge in [-0.1, -0.05) is 0 Å². The predicted molar refractivity (Wildman–Crippen MR) is 57.3 cm³/mol. The highest BCUT2D eigenvalue weighted by atomic mass is 16.4. The van der Waals surface area contributed by atoms with E-state index in [9.17, 15) is 9.59 Å². The van der Waals surface area contributed by atoms with Crippen LogP contribution in [0.3, 0.4) is 0 Å². The molecule has 0 spiro atoms. The second kappa shape index (κ2) is 4.94. The van der Waals surface area contributed by atoms with Crippen molar-refractivity contribution in [2.75, 3.05) is 13.1 Å². The van der Waals surface area contributed by atoms with Crippen LogP contribution in [-0.4, -0.2) is 50.2 Å². The Morgan fingerprint density at radius 1 is 1.47 bits per heavy atom. The van der Waals surface area contributed by atoms with E-state index in [-0.39, 0.29) is 24.1 Å². The van der Waals surface area contributed by atoms with E-state index in [0.29, 0.717) is 13.1 Å². The van der Waals surface area contributed by atoms with Crippen molar-refractivity contribution in [3.8, 4) is 0 Å². The van der Waals surface area contributed by atoms with E-state index in [2.05, 4.69) is 15.2 Å². The Bertz CT molecular complexity index is 396. The maximum atomic E-state index is 11.9. The Kier molecular flexibility index (Phi) is 3.36. The lowest BCUT2D eigenvalue weighted by Gasteiger charge is -2.30. The van der Waals surface area contributed by atoms with E-state index < -0.39 is 5.97 Å². The van der Waals surface area contributed by atoms with E-state index in [1.54, 1.807) is 4.90 Å². The number of hydrogen-bond donors (Lipinski definition) is 2. The third-order valence-corrected chi connectivity index (χ3v) is 2.98. The van der Waals surface area contributed by atoms with Crippen molar-refractivity contribution in [1.82, 2.24) is 20.1 Å². The number of carbonyl (C=O) groups excluding carboxylic acids is 1. The number of nitrogens with zero attached hydrogens (tertiary/aromatic N) is 3. The Labute approximate surface area is 97.8 Å². The molecule has 7 nitrogen and oxygen atoms in total. The van der Waals surface area contributed by atoms with Crippen molar-refractivity contribution in [1.29, 1.82) is 0 Å². The summed E-state index contributed by atoms with van der Waals surface area (Å²) >= 11 is 0. The van der Waals surface area contributed by atoms with E-state index >= 15 is 0 Å². The van der Waals surface area contributed by atoms with Crippen molar-refractivity contribution in [2.45, 2.75) is 19.3 Å². The molecule has 0 aliphatic carbocycles. The van der Waals surface area contributed by atoms with Crippen LogP contribution in [0.4, 0.5) is 0 Å². The van der Waals surface area contributed by atoms with E-state index in [1.807, 2.05) is 0 Å². The topological polar surface area (TPSA) is 99.2 Å². The van der Waals surface area contributed by atoms with Crippen LogP contribution in [0.25, 0.3) is 0 Å². The second-order valence-corrected chi connectivity index (χ2v) is 4.17. The molecule has 2 heterocycles. The van der Waals surface area contributed by atoms with Gasteiger partial charge in [0.2, 0.25) is 5.82 Å². The molecule has 0 saturated carbocycles. The molecule has 1 aromatic heterocycles. The smallest absolute Gasteiger partial charge is 0.303 e. The lowest BCUT2D eigenvalue weighted by Crippen LogP contribution is -2.39. The van der Waals surface area contributed by atoms with Crippen LogP contribution in [0.2, 0.25) is 0 Å². The number of rotatable bonds is 3. The van der Waals surface area contributed by atoms with E-state index in [0.717, 1.165) is 12.8 Å². The SMILES string of the molecule is O=C(O)CC1CCN(C(=O)c2ncn[nH]2)CC1. The summed E-state index contributed by atoms with van der Waals surface area (Å²) in [5.74, 6) is -0.533. The highest BCUT2D eigenvalue weighted by molar-refractivity contribution is 5.90. The van der Waals surface area contributed by atoms with Crippen molar-refractivity contribution in [3.05, 3.63) is 12.2 Å². The number of amides is 1. The second-order valence-electron chi connectivity index (χ2n) is 4.17. The Morgan fingerprint density at radius 2 is 2.18 bits per heavy atom. The van der Waals surface area contributed by atoms with Gasteiger partial charge in [0, 0.05) is 19.5 Å². The fraction of sp³-hybridized carbons (Fsp3) is 0.600. The minimum Gasteiger partial charge on any atom is -0.481 e. The quantitative estimate of drug-likeness (QED) is 0.779. The van der Waals surface area contributed by atoms with Gasteiger partial charge in [0.1, 0.15) is 6.33 Å². The Balaban J connectivity index is 1.87. The normalized spacial score (nSPS) is 17.1. The van der Waals surface area contributed by atoms with E-state index in [1.165, 1.54) is 6.33 Å². The fourth-order valence-corrected chi connectivity index (χ4v) is 2.05. The molecule has 0 radical (unpaired) electrons. The number of aromatic amines is 1. The van der Waals surface area contributed by atoms with Crippen molar-refractivity contribution < 1.29 is 14.7 Å². The number of nitrogens with one attached hydrogen (secondary N) is 1. The third-order valence-electron chi connectivity index (χ3n) is 2.98. The molecule has 2 rings (SSSR count). The average Bonchev–Trinajstić information content (AvgIpc) is 2.82. The molecule has 1 aliphatic heterocycles. The number of aliphatic carboxylic acids is 1. The molecule has 92 valence electrons. The monoisotopic (exact) mass is 238 g/mol. The summed E-state index contributed by atoms with van der Waals surface area (Å²) in [6.45, 7) is 1.16. The largest absolute Gasteiger partial charge is 0.481 e. The minimum atomic E-state index is -0.773. The summed E-state index contributed by atoms with van der Waals surface area (Å²) in [5.41, 5.74) is 0. The molecule has 0 aromatic carbocycles. The van der Waals surface area contributed by atoms with Gasteiger partial charge in [0.25, 0.3) is 5.91 Å². The molecule has 1 aliphatic rings. The number of aromatic nitrogens is 3. The van der Waals surface area contributed by atoms with Gasteiger partial charge in [0.15, 0.2) is 0 Å². The minimum absolute atomic E-state index is 0.170. The molecule has 1 aromatic rings. The van der Waals surface area contributed by atoms with Crippen LogP contribution < -0.4 is 0 Å². The third kappa shape index (κ3) is 2.80. The number of carbonyl (C=O) groups is 2. The summed E-state index contributed by atoms with van der Waals surface area (Å²) in [5, 5.41) is 14.8. The van der Waals surface area contributed by atoms with Gasteiger partial charge in [-0.25, -0.2) is 4.98 Å². The van der Waals surface area contributed by atoms with Crippen molar-refractivity contribution in [2.24, 2.45) is 5.92 Å². The number of likely N-dealkylation sites (tertiary alicyclic amines) is 1. The average molecular weight is 238 g/mol. The summed E-state index contributed by atoms with van der Waals surface area (Å²) in [7, 11) is 0. The highest BCUT2D eigenvalue weighted by Crippen LogP contribution is 2.21.